The van der Waals surface area contributed by atoms with Gasteiger partial charge in [-0.2, -0.15) is 18.3 Å². The first-order valence-corrected chi connectivity index (χ1v) is 7.66. The highest BCUT2D eigenvalue weighted by Crippen LogP contribution is 2.33. The number of nitrogens with one attached hydrogen (secondary N) is 2. The molecule has 0 fully saturated rings. The molecule has 2 aromatic rings. The van der Waals surface area contributed by atoms with E-state index in [9.17, 15) is 23.3 Å². The number of hydrazone groups is 1. The van der Waals surface area contributed by atoms with E-state index in [4.69, 9.17) is 23.8 Å². The van der Waals surface area contributed by atoms with Gasteiger partial charge in [-0.15, -0.1) is 0 Å². The molecule has 2 N–H and O–H groups in total. The molecule has 0 saturated heterocycles. The fraction of sp³-hybridized carbons (Fsp3) is 0.0667. The maximum absolute atomic E-state index is 12.7. The van der Waals surface area contributed by atoms with Crippen molar-refractivity contribution in [3.05, 3.63) is 68.7 Å². The number of nitrogens with zero attached hydrogens (tertiary/aromatic N) is 2. The van der Waals surface area contributed by atoms with Gasteiger partial charge in [-0.1, -0.05) is 23.7 Å². The number of anilines is 1. The zero-order valence-corrected chi connectivity index (χ0v) is 14.3. The molecular weight excluding hydrogens is 393 g/mol. The largest absolute Gasteiger partial charge is 0.416 e. The molecule has 26 heavy (non-hydrogen) atoms. The van der Waals surface area contributed by atoms with Crippen LogP contribution in [0.15, 0.2) is 47.6 Å². The third-order valence-corrected chi connectivity index (χ3v) is 3.53. The zero-order chi connectivity index (χ0) is 19.3. The first-order valence-electron chi connectivity index (χ1n) is 6.88. The van der Waals surface area contributed by atoms with E-state index in [1.807, 2.05) is 0 Å². The number of alkyl halides is 3. The van der Waals surface area contributed by atoms with Gasteiger partial charge in [0, 0.05) is 17.7 Å². The Balaban J connectivity index is 2.03. The van der Waals surface area contributed by atoms with Gasteiger partial charge in [-0.25, -0.2) is 0 Å². The number of thiocarbonyl (C=S) groups is 1. The molecule has 0 bridgehead atoms. The normalized spacial score (nSPS) is 11.4. The number of benzene rings is 2. The summed E-state index contributed by atoms with van der Waals surface area (Å²) in [4.78, 5) is 10.1. The predicted octanol–water partition coefficient (Wildman–Crippen LogP) is 4.59. The highest BCUT2D eigenvalue weighted by Gasteiger charge is 2.31. The van der Waals surface area contributed by atoms with Crippen LogP contribution in [0.3, 0.4) is 0 Å². The summed E-state index contributed by atoms with van der Waals surface area (Å²) in [5, 5.41) is 16.9. The van der Waals surface area contributed by atoms with Crippen molar-refractivity contribution in [3.8, 4) is 0 Å². The molecule has 0 aliphatic carbocycles. The molecule has 0 aliphatic heterocycles. The fourth-order valence-corrected chi connectivity index (χ4v) is 2.16. The Morgan fingerprint density at radius 1 is 1.27 bits per heavy atom. The average Bonchev–Trinajstić information content (AvgIpc) is 2.56. The maximum atomic E-state index is 12.7. The number of hydrogen-bond donors (Lipinski definition) is 2. The van der Waals surface area contributed by atoms with Crippen LogP contribution in [-0.2, 0) is 6.18 Å². The summed E-state index contributed by atoms with van der Waals surface area (Å²) >= 11 is 10.8. The van der Waals surface area contributed by atoms with E-state index in [1.54, 1.807) is 6.07 Å². The third-order valence-electron chi connectivity index (χ3n) is 3.00. The molecule has 0 unspecified atom stereocenters. The Bertz CT molecular complexity index is 874. The number of nitro benzene ring substituents is 1. The molecule has 0 radical (unpaired) electrons. The van der Waals surface area contributed by atoms with Crippen molar-refractivity contribution >= 4 is 46.5 Å². The maximum Gasteiger partial charge on any atom is 0.416 e. The Kier molecular flexibility index (Phi) is 6.11. The summed E-state index contributed by atoms with van der Waals surface area (Å²) in [5.41, 5.74) is 1.80. The summed E-state index contributed by atoms with van der Waals surface area (Å²) < 4.78 is 38.2. The van der Waals surface area contributed by atoms with Gasteiger partial charge in [0.2, 0.25) is 0 Å². The summed E-state index contributed by atoms with van der Waals surface area (Å²) in [7, 11) is 0. The van der Waals surface area contributed by atoms with E-state index in [0.717, 1.165) is 18.2 Å². The van der Waals surface area contributed by atoms with E-state index in [1.165, 1.54) is 24.4 Å². The van der Waals surface area contributed by atoms with Crippen LogP contribution in [-0.4, -0.2) is 16.3 Å². The molecule has 0 amide bonds. The molecule has 0 aliphatic rings. The van der Waals surface area contributed by atoms with E-state index in [0.29, 0.717) is 5.56 Å². The number of non-ortho nitro benzene ring substituents is 1. The summed E-state index contributed by atoms with van der Waals surface area (Å²) in [5.74, 6) is 0. The molecule has 0 spiro atoms. The second-order valence-electron chi connectivity index (χ2n) is 4.87. The van der Waals surface area contributed by atoms with Crippen molar-refractivity contribution in [2.45, 2.75) is 6.18 Å². The molecule has 2 aromatic carbocycles. The first-order chi connectivity index (χ1) is 12.2. The second kappa shape index (κ2) is 8.11. The topological polar surface area (TPSA) is 79.6 Å². The Labute approximate surface area is 155 Å². The van der Waals surface area contributed by atoms with Crippen molar-refractivity contribution in [1.82, 2.24) is 5.43 Å². The molecular formula is C15H10ClF3N4O2S. The number of rotatable bonds is 4. The van der Waals surface area contributed by atoms with Crippen LogP contribution in [0.25, 0.3) is 0 Å². The lowest BCUT2D eigenvalue weighted by atomic mass is 10.2. The Morgan fingerprint density at radius 2 is 2.00 bits per heavy atom. The summed E-state index contributed by atoms with van der Waals surface area (Å²) in [6, 6.07) is 8.46. The molecule has 0 heterocycles. The average molecular weight is 403 g/mol. The van der Waals surface area contributed by atoms with E-state index >= 15 is 0 Å². The molecule has 0 aromatic heterocycles. The lowest BCUT2D eigenvalue weighted by molar-refractivity contribution is -0.384. The number of halogens is 4. The molecule has 2 rings (SSSR count). The van der Waals surface area contributed by atoms with Gasteiger partial charge in [-0.3, -0.25) is 15.5 Å². The molecule has 0 atom stereocenters. The summed E-state index contributed by atoms with van der Waals surface area (Å²) in [6.45, 7) is 0. The number of hydrogen-bond acceptors (Lipinski definition) is 4. The Hall–Kier alpha value is -2.72. The molecule has 136 valence electrons. The fourth-order valence-electron chi connectivity index (χ4n) is 1.83. The van der Waals surface area contributed by atoms with Crippen LogP contribution in [0.2, 0.25) is 5.02 Å². The van der Waals surface area contributed by atoms with Crippen LogP contribution >= 0.6 is 23.8 Å². The van der Waals surface area contributed by atoms with Crippen molar-refractivity contribution in [2.24, 2.45) is 5.10 Å². The predicted molar refractivity (Wildman–Crippen MR) is 96.5 cm³/mol. The number of nitro groups is 1. The van der Waals surface area contributed by atoms with Crippen LogP contribution < -0.4 is 10.7 Å². The van der Waals surface area contributed by atoms with Gasteiger partial charge in [-0.05, 0) is 30.4 Å². The summed E-state index contributed by atoms with van der Waals surface area (Å²) in [6.07, 6.45) is -3.25. The van der Waals surface area contributed by atoms with Gasteiger partial charge in [0.1, 0.15) is 0 Å². The minimum Gasteiger partial charge on any atom is -0.330 e. The van der Waals surface area contributed by atoms with Crippen LogP contribution in [0.4, 0.5) is 24.5 Å². The molecule has 6 nitrogen and oxygen atoms in total. The lowest BCUT2D eigenvalue weighted by Crippen LogP contribution is -2.24. The van der Waals surface area contributed by atoms with Gasteiger partial charge in [0.15, 0.2) is 5.11 Å². The van der Waals surface area contributed by atoms with E-state index in [2.05, 4.69) is 15.8 Å². The van der Waals surface area contributed by atoms with Crippen LogP contribution in [0.5, 0.6) is 0 Å². The third kappa shape index (κ3) is 5.39. The van der Waals surface area contributed by atoms with Crippen molar-refractivity contribution < 1.29 is 18.1 Å². The van der Waals surface area contributed by atoms with Gasteiger partial charge in [0.05, 0.1) is 27.4 Å². The minimum absolute atomic E-state index is 0.0375. The van der Waals surface area contributed by atoms with E-state index in [-0.39, 0.29) is 21.5 Å². The van der Waals surface area contributed by atoms with Gasteiger partial charge >= 0.3 is 6.18 Å². The quantitative estimate of drug-likeness (QED) is 0.338. The van der Waals surface area contributed by atoms with Gasteiger partial charge in [0.25, 0.3) is 5.69 Å². The van der Waals surface area contributed by atoms with Gasteiger partial charge < -0.3 is 5.32 Å². The highest BCUT2D eigenvalue weighted by molar-refractivity contribution is 7.80. The van der Waals surface area contributed by atoms with Crippen LogP contribution in [0, 0.1) is 10.1 Å². The first kappa shape index (κ1) is 19.6. The lowest BCUT2D eigenvalue weighted by Gasteiger charge is -2.12. The second-order valence-corrected chi connectivity index (χ2v) is 5.68. The highest BCUT2D eigenvalue weighted by atomic mass is 35.5. The molecule has 11 heteroatoms. The standard InChI is InChI=1S/C15H10ClF3N4O2S/c16-12-5-4-10(15(17,18)19)7-13(12)21-14(26)22-20-8-9-2-1-3-11(6-9)23(24)25/h1-8H,(H2,21,22,26)/b20-8-. The van der Waals surface area contributed by atoms with Crippen molar-refractivity contribution in [1.29, 1.82) is 0 Å². The van der Waals surface area contributed by atoms with Crippen molar-refractivity contribution in [2.75, 3.05) is 5.32 Å². The molecule has 0 saturated carbocycles. The van der Waals surface area contributed by atoms with Crippen molar-refractivity contribution in [3.63, 3.8) is 0 Å². The van der Waals surface area contributed by atoms with E-state index < -0.39 is 16.7 Å². The monoisotopic (exact) mass is 402 g/mol. The van der Waals surface area contributed by atoms with Crippen LogP contribution in [0.1, 0.15) is 11.1 Å². The SMILES string of the molecule is O=[N+]([O-])c1cccc(/C=N\NC(=S)Nc2cc(C(F)(F)F)ccc2Cl)c1. The zero-order valence-electron chi connectivity index (χ0n) is 12.7. The smallest absolute Gasteiger partial charge is 0.330 e. The minimum atomic E-state index is -4.52. The Morgan fingerprint density at radius 3 is 2.65 bits per heavy atom.